The predicted octanol–water partition coefficient (Wildman–Crippen LogP) is 6.18. The number of nitrogens with two attached hydrogens (primary N) is 1. The number of pyridine rings is 1. The fraction of sp³-hybridized carbons (Fsp3) is 0.320. The monoisotopic (exact) mass is 501 g/mol. The van der Waals surface area contributed by atoms with Gasteiger partial charge < -0.3 is 20.9 Å². The second-order valence-electron chi connectivity index (χ2n) is 8.62. The maximum Gasteiger partial charge on any atom is 0.404 e. The number of ketones is 1. The Morgan fingerprint density at radius 3 is 2.41 bits per heavy atom. The summed E-state index contributed by atoms with van der Waals surface area (Å²) in [5.74, 6) is 0.0387. The number of carbonyl (C=O) groups excluding carboxylic acids is 2. The van der Waals surface area contributed by atoms with Gasteiger partial charge >= 0.3 is 6.09 Å². The summed E-state index contributed by atoms with van der Waals surface area (Å²) in [6.45, 7) is 1.86. The highest BCUT2D eigenvalue weighted by Gasteiger charge is 2.24. The van der Waals surface area contributed by atoms with Crippen LogP contribution in [0.25, 0.3) is 22.0 Å². The molecule has 1 saturated carbocycles. The number of hydrogen-bond acceptors (Lipinski definition) is 6. The SMILES string of the molecule is CC(=O)c1cnc2ccc(-c3cc(Cl)c(O)c(Cl)c3)cc2c1NC1CCC(COC(N)=O)CC1. The van der Waals surface area contributed by atoms with E-state index in [2.05, 4.69) is 10.3 Å². The molecule has 1 aliphatic rings. The van der Waals surface area contributed by atoms with Crippen LogP contribution in [0.3, 0.4) is 0 Å². The maximum atomic E-state index is 12.4. The Kier molecular flexibility index (Phi) is 7.14. The lowest BCUT2D eigenvalue weighted by Crippen LogP contribution is -2.29. The van der Waals surface area contributed by atoms with E-state index in [9.17, 15) is 14.7 Å². The third-order valence-corrected chi connectivity index (χ3v) is 6.83. The molecule has 1 aromatic heterocycles. The van der Waals surface area contributed by atoms with Crippen LogP contribution in [-0.4, -0.2) is 34.6 Å². The molecule has 1 heterocycles. The van der Waals surface area contributed by atoms with Crippen LogP contribution in [-0.2, 0) is 4.74 Å². The van der Waals surface area contributed by atoms with Crippen LogP contribution in [0.1, 0.15) is 43.0 Å². The average molecular weight is 502 g/mol. The number of carbonyl (C=O) groups is 2. The van der Waals surface area contributed by atoms with Crippen LogP contribution in [0, 0.1) is 5.92 Å². The van der Waals surface area contributed by atoms with E-state index >= 15 is 0 Å². The number of ether oxygens (including phenoxy) is 1. The van der Waals surface area contributed by atoms with Crippen molar-refractivity contribution in [3.8, 4) is 16.9 Å². The molecule has 0 radical (unpaired) electrons. The molecule has 3 aromatic rings. The predicted molar refractivity (Wildman–Crippen MR) is 134 cm³/mol. The van der Waals surface area contributed by atoms with Crippen molar-refractivity contribution in [2.45, 2.75) is 38.6 Å². The topological polar surface area (TPSA) is 115 Å². The highest BCUT2D eigenvalue weighted by molar-refractivity contribution is 6.37. The Hall–Kier alpha value is -3.03. The minimum Gasteiger partial charge on any atom is -0.505 e. The second-order valence-corrected chi connectivity index (χ2v) is 9.43. The van der Waals surface area contributed by atoms with Crippen molar-refractivity contribution in [1.29, 1.82) is 0 Å². The minimum atomic E-state index is -0.749. The van der Waals surface area contributed by atoms with Gasteiger partial charge in [-0.2, -0.15) is 0 Å². The third kappa shape index (κ3) is 5.21. The summed E-state index contributed by atoms with van der Waals surface area (Å²) in [4.78, 5) is 27.8. The van der Waals surface area contributed by atoms with Crippen molar-refractivity contribution in [2.75, 3.05) is 11.9 Å². The lowest BCUT2D eigenvalue weighted by molar-refractivity contribution is 0.101. The summed E-state index contributed by atoms with van der Waals surface area (Å²) in [6.07, 6.45) is 4.38. The smallest absolute Gasteiger partial charge is 0.404 e. The average Bonchev–Trinajstić information content (AvgIpc) is 2.81. The maximum absolute atomic E-state index is 12.4. The normalized spacial score (nSPS) is 18.0. The number of nitrogens with zero attached hydrogens (tertiary/aromatic N) is 1. The Labute approximate surface area is 207 Å². The molecule has 0 atom stereocenters. The zero-order valence-corrected chi connectivity index (χ0v) is 20.1. The molecule has 7 nitrogen and oxygen atoms in total. The molecule has 2 aromatic carbocycles. The molecule has 4 N–H and O–H groups in total. The van der Waals surface area contributed by atoms with Crippen LogP contribution < -0.4 is 11.1 Å². The molecular formula is C25H25Cl2N3O4. The zero-order chi connectivity index (χ0) is 24.4. The number of halogens is 2. The van der Waals surface area contributed by atoms with E-state index in [1.807, 2.05) is 18.2 Å². The summed E-state index contributed by atoms with van der Waals surface area (Å²) >= 11 is 12.3. The first-order chi connectivity index (χ1) is 16.2. The van der Waals surface area contributed by atoms with Gasteiger partial charge in [-0.05, 0) is 73.9 Å². The minimum absolute atomic E-state index is 0.0819. The Balaban J connectivity index is 1.66. The fourth-order valence-electron chi connectivity index (χ4n) is 4.40. The fourth-order valence-corrected chi connectivity index (χ4v) is 4.89. The van der Waals surface area contributed by atoms with Crippen LogP contribution in [0.2, 0.25) is 10.0 Å². The lowest BCUT2D eigenvalue weighted by atomic mass is 9.86. The Morgan fingerprint density at radius 1 is 1.12 bits per heavy atom. The number of hydrogen-bond donors (Lipinski definition) is 3. The van der Waals surface area contributed by atoms with Gasteiger partial charge in [-0.15, -0.1) is 0 Å². The number of phenolic OH excluding ortho intramolecular Hbond substituents is 1. The number of Topliss-reactive ketones (excluding diaryl/α,β-unsaturated/α-hetero) is 1. The third-order valence-electron chi connectivity index (χ3n) is 6.25. The van der Waals surface area contributed by atoms with Crippen molar-refractivity contribution in [1.82, 2.24) is 4.98 Å². The van der Waals surface area contributed by atoms with Gasteiger partial charge in [0.1, 0.15) is 0 Å². The molecule has 4 rings (SSSR count). The highest BCUT2D eigenvalue weighted by atomic mass is 35.5. The van der Waals surface area contributed by atoms with Gasteiger partial charge in [0.05, 0.1) is 33.4 Å². The van der Waals surface area contributed by atoms with Crippen LogP contribution in [0.4, 0.5) is 10.5 Å². The van der Waals surface area contributed by atoms with Crippen molar-refractivity contribution in [3.05, 3.63) is 52.1 Å². The first kappa shape index (κ1) is 24.1. The van der Waals surface area contributed by atoms with Crippen LogP contribution in [0.15, 0.2) is 36.5 Å². The molecular weight excluding hydrogens is 477 g/mol. The van der Waals surface area contributed by atoms with Crippen LogP contribution in [0.5, 0.6) is 5.75 Å². The standard InChI is InChI=1S/C25H25Cl2N3O4/c1-13(31)19-11-29-22-7-4-15(16-9-20(26)24(32)21(27)10-16)8-18(22)23(19)30-17-5-2-14(3-6-17)12-34-25(28)33/h4,7-11,14,17,32H,2-3,5-6,12H2,1H3,(H2,28,33)(H,29,30). The number of aromatic nitrogens is 1. The highest BCUT2D eigenvalue weighted by Crippen LogP contribution is 2.38. The molecule has 1 fully saturated rings. The van der Waals surface area contributed by atoms with E-state index in [0.29, 0.717) is 12.2 Å². The van der Waals surface area contributed by atoms with Gasteiger partial charge in [0.2, 0.25) is 0 Å². The van der Waals surface area contributed by atoms with E-state index in [-0.39, 0.29) is 33.5 Å². The molecule has 0 spiro atoms. The Bertz CT molecular complexity index is 1230. The number of rotatable bonds is 6. The molecule has 0 unspecified atom stereocenters. The van der Waals surface area contributed by atoms with Crippen molar-refractivity contribution in [2.24, 2.45) is 11.7 Å². The van der Waals surface area contributed by atoms with E-state index in [4.69, 9.17) is 33.7 Å². The van der Waals surface area contributed by atoms with Crippen molar-refractivity contribution >= 4 is 51.7 Å². The van der Waals surface area contributed by atoms with E-state index in [1.165, 1.54) is 6.92 Å². The molecule has 0 bridgehead atoms. The molecule has 1 aliphatic carbocycles. The van der Waals surface area contributed by atoms with Gasteiger partial charge in [0.15, 0.2) is 11.5 Å². The molecule has 1 amide bonds. The number of phenols is 1. The van der Waals surface area contributed by atoms with Crippen LogP contribution >= 0.6 is 23.2 Å². The largest absolute Gasteiger partial charge is 0.505 e. The van der Waals surface area contributed by atoms with Crippen molar-refractivity contribution < 1.29 is 19.4 Å². The summed E-state index contributed by atoms with van der Waals surface area (Å²) in [6, 6.07) is 9.18. The number of anilines is 1. The quantitative estimate of drug-likeness (QED) is 0.347. The molecule has 178 valence electrons. The van der Waals surface area contributed by atoms with Gasteiger partial charge in [0, 0.05) is 17.6 Å². The first-order valence-corrected chi connectivity index (χ1v) is 11.8. The summed E-state index contributed by atoms with van der Waals surface area (Å²) in [5, 5.41) is 14.6. The number of amides is 1. The number of benzene rings is 2. The van der Waals surface area contributed by atoms with E-state index in [1.54, 1.807) is 18.3 Å². The van der Waals surface area contributed by atoms with Gasteiger partial charge in [-0.25, -0.2) is 4.79 Å². The summed E-state index contributed by atoms with van der Waals surface area (Å²) in [7, 11) is 0. The number of nitrogens with one attached hydrogen (secondary N) is 1. The first-order valence-electron chi connectivity index (χ1n) is 11.0. The summed E-state index contributed by atoms with van der Waals surface area (Å²) < 4.78 is 4.95. The number of primary amides is 1. The molecule has 0 saturated heterocycles. The second kappa shape index (κ2) is 10.1. The molecule has 0 aliphatic heterocycles. The van der Waals surface area contributed by atoms with Gasteiger partial charge in [0.25, 0.3) is 0 Å². The lowest BCUT2D eigenvalue weighted by Gasteiger charge is -2.30. The Morgan fingerprint density at radius 2 is 1.79 bits per heavy atom. The summed E-state index contributed by atoms with van der Waals surface area (Å²) in [5.41, 5.74) is 8.65. The number of fused-ring (bicyclic) bond motifs is 1. The van der Waals surface area contributed by atoms with E-state index in [0.717, 1.165) is 53.4 Å². The molecule has 34 heavy (non-hydrogen) atoms. The zero-order valence-electron chi connectivity index (χ0n) is 18.6. The number of aromatic hydroxyl groups is 1. The van der Waals surface area contributed by atoms with Gasteiger partial charge in [-0.1, -0.05) is 29.3 Å². The van der Waals surface area contributed by atoms with Gasteiger partial charge in [-0.3, -0.25) is 9.78 Å². The van der Waals surface area contributed by atoms with Crippen molar-refractivity contribution in [3.63, 3.8) is 0 Å². The molecule has 9 heteroatoms. The van der Waals surface area contributed by atoms with E-state index < -0.39 is 6.09 Å².